The van der Waals surface area contributed by atoms with Gasteiger partial charge in [-0.25, -0.2) is 10.8 Å². The Hall–Kier alpha value is -0.610. The average Bonchev–Trinajstić information content (AvgIpc) is 2.85. The molecule has 82 valence electrons. The van der Waals surface area contributed by atoms with Crippen LogP contribution in [-0.2, 0) is 12.8 Å². The molecule has 0 amide bonds. The first-order chi connectivity index (χ1) is 7.31. The maximum Gasteiger partial charge on any atom is 0.197 e. The van der Waals surface area contributed by atoms with E-state index in [1.165, 1.54) is 49.1 Å². The van der Waals surface area contributed by atoms with Gasteiger partial charge in [-0.2, -0.15) is 0 Å². The molecule has 0 aliphatic heterocycles. The SMILES string of the molecule is NNc1nc2c(s1)CC1(CCCC1)CC2. The first kappa shape index (κ1) is 9.60. The summed E-state index contributed by atoms with van der Waals surface area (Å²) in [5.74, 6) is 5.40. The lowest BCUT2D eigenvalue weighted by Gasteiger charge is -2.32. The molecule has 3 nitrogen and oxygen atoms in total. The van der Waals surface area contributed by atoms with Gasteiger partial charge in [0.25, 0.3) is 0 Å². The summed E-state index contributed by atoms with van der Waals surface area (Å²) in [7, 11) is 0. The number of nitrogens with zero attached hydrogens (tertiary/aromatic N) is 1. The summed E-state index contributed by atoms with van der Waals surface area (Å²) in [5, 5.41) is 0.884. The molecule has 15 heavy (non-hydrogen) atoms. The molecule has 0 atom stereocenters. The van der Waals surface area contributed by atoms with Crippen LogP contribution in [0.25, 0.3) is 0 Å². The number of hydrazine groups is 1. The van der Waals surface area contributed by atoms with E-state index < -0.39 is 0 Å². The van der Waals surface area contributed by atoms with Crippen molar-refractivity contribution in [3.63, 3.8) is 0 Å². The van der Waals surface area contributed by atoms with Crippen molar-refractivity contribution < 1.29 is 0 Å². The first-order valence-electron chi connectivity index (χ1n) is 5.77. The standard InChI is InChI=1S/C11H17N3S/c12-14-10-13-8-3-6-11(4-1-2-5-11)7-9(8)15-10/h1-7,12H2,(H,13,14). The monoisotopic (exact) mass is 223 g/mol. The summed E-state index contributed by atoms with van der Waals surface area (Å²) in [5.41, 5.74) is 4.60. The van der Waals surface area contributed by atoms with Gasteiger partial charge in [0.05, 0.1) is 5.69 Å². The Bertz CT molecular complexity index is 366. The minimum absolute atomic E-state index is 0.630. The van der Waals surface area contributed by atoms with Crippen LogP contribution in [0.4, 0.5) is 5.13 Å². The minimum atomic E-state index is 0.630. The highest BCUT2D eigenvalue weighted by atomic mass is 32.1. The van der Waals surface area contributed by atoms with Gasteiger partial charge in [0.15, 0.2) is 5.13 Å². The summed E-state index contributed by atoms with van der Waals surface area (Å²) < 4.78 is 0. The lowest BCUT2D eigenvalue weighted by molar-refractivity contribution is 0.256. The number of fused-ring (bicyclic) bond motifs is 1. The third-order valence-electron chi connectivity index (χ3n) is 3.99. The van der Waals surface area contributed by atoms with E-state index in [0.29, 0.717) is 5.41 Å². The van der Waals surface area contributed by atoms with Crippen molar-refractivity contribution in [1.82, 2.24) is 4.98 Å². The number of nitrogen functional groups attached to an aromatic ring is 1. The molecule has 1 spiro atoms. The summed E-state index contributed by atoms with van der Waals surface area (Å²) in [6, 6.07) is 0. The summed E-state index contributed by atoms with van der Waals surface area (Å²) in [4.78, 5) is 5.99. The van der Waals surface area contributed by atoms with E-state index in [9.17, 15) is 0 Å². The zero-order chi connectivity index (χ0) is 10.3. The molecule has 3 N–H and O–H groups in total. The van der Waals surface area contributed by atoms with Crippen LogP contribution in [0, 0.1) is 5.41 Å². The van der Waals surface area contributed by atoms with E-state index in [0.717, 1.165) is 11.6 Å². The number of rotatable bonds is 1. The second kappa shape index (κ2) is 3.46. The molecule has 2 aliphatic rings. The minimum Gasteiger partial charge on any atom is -0.300 e. The van der Waals surface area contributed by atoms with Crippen LogP contribution in [0.15, 0.2) is 0 Å². The Morgan fingerprint density at radius 2 is 2.07 bits per heavy atom. The van der Waals surface area contributed by atoms with E-state index in [2.05, 4.69) is 10.4 Å². The maximum absolute atomic E-state index is 5.40. The van der Waals surface area contributed by atoms with Gasteiger partial charge in [-0.1, -0.05) is 12.8 Å². The fraction of sp³-hybridized carbons (Fsp3) is 0.727. The van der Waals surface area contributed by atoms with Crippen molar-refractivity contribution >= 4 is 16.5 Å². The van der Waals surface area contributed by atoms with E-state index in [-0.39, 0.29) is 0 Å². The Morgan fingerprint density at radius 3 is 2.80 bits per heavy atom. The molecule has 3 rings (SSSR count). The molecule has 0 saturated heterocycles. The lowest BCUT2D eigenvalue weighted by Crippen LogP contribution is -2.24. The quantitative estimate of drug-likeness (QED) is 0.568. The third kappa shape index (κ3) is 1.56. The molecule has 1 heterocycles. The van der Waals surface area contributed by atoms with Crippen LogP contribution in [0.2, 0.25) is 0 Å². The molecular weight excluding hydrogens is 206 g/mol. The average molecular weight is 223 g/mol. The van der Waals surface area contributed by atoms with Gasteiger partial charge in [0.2, 0.25) is 0 Å². The van der Waals surface area contributed by atoms with E-state index in [1.807, 2.05) is 0 Å². The molecule has 1 aromatic rings. The van der Waals surface area contributed by atoms with Crippen LogP contribution in [0.1, 0.15) is 42.7 Å². The highest BCUT2D eigenvalue weighted by Crippen LogP contribution is 2.49. The van der Waals surface area contributed by atoms with E-state index in [1.54, 1.807) is 11.3 Å². The Balaban J connectivity index is 1.88. The Labute approximate surface area is 94.1 Å². The predicted molar refractivity (Wildman–Crippen MR) is 62.9 cm³/mol. The predicted octanol–water partition coefficient (Wildman–Crippen LogP) is 2.48. The summed E-state index contributed by atoms with van der Waals surface area (Å²) >= 11 is 1.75. The normalized spacial score (nSPS) is 23.0. The number of nitrogens with two attached hydrogens (primary N) is 1. The first-order valence-corrected chi connectivity index (χ1v) is 6.58. The van der Waals surface area contributed by atoms with Gasteiger partial charge in [0.1, 0.15) is 0 Å². The van der Waals surface area contributed by atoms with Gasteiger partial charge in [-0.15, -0.1) is 11.3 Å². The Kier molecular flexibility index (Phi) is 2.21. The molecule has 4 heteroatoms. The summed E-state index contributed by atoms with van der Waals surface area (Å²) in [6.45, 7) is 0. The number of aromatic nitrogens is 1. The molecule has 0 unspecified atom stereocenters. The number of thiazole rings is 1. The van der Waals surface area contributed by atoms with Gasteiger partial charge in [-0.05, 0) is 37.5 Å². The molecule has 1 aromatic heterocycles. The highest BCUT2D eigenvalue weighted by Gasteiger charge is 2.38. The van der Waals surface area contributed by atoms with Crippen LogP contribution in [0.5, 0.6) is 0 Å². The summed E-state index contributed by atoms with van der Waals surface area (Å²) in [6.07, 6.45) is 9.46. The van der Waals surface area contributed by atoms with Crippen LogP contribution < -0.4 is 11.3 Å². The molecule has 0 radical (unpaired) electrons. The van der Waals surface area contributed by atoms with Crippen LogP contribution in [0.3, 0.4) is 0 Å². The number of hydrogen-bond acceptors (Lipinski definition) is 4. The number of anilines is 1. The van der Waals surface area contributed by atoms with Crippen LogP contribution >= 0.6 is 11.3 Å². The zero-order valence-corrected chi connectivity index (χ0v) is 9.70. The van der Waals surface area contributed by atoms with E-state index in [4.69, 9.17) is 5.84 Å². The fourth-order valence-corrected chi connectivity index (χ4v) is 4.23. The highest BCUT2D eigenvalue weighted by molar-refractivity contribution is 7.15. The van der Waals surface area contributed by atoms with Gasteiger partial charge in [-0.3, -0.25) is 5.43 Å². The van der Waals surface area contributed by atoms with Crippen molar-refractivity contribution in [1.29, 1.82) is 0 Å². The van der Waals surface area contributed by atoms with Crippen molar-refractivity contribution in [3.8, 4) is 0 Å². The molecule has 1 saturated carbocycles. The van der Waals surface area contributed by atoms with Crippen molar-refractivity contribution in [2.75, 3.05) is 5.43 Å². The van der Waals surface area contributed by atoms with Crippen molar-refractivity contribution in [3.05, 3.63) is 10.6 Å². The maximum atomic E-state index is 5.40. The lowest BCUT2D eigenvalue weighted by atomic mass is 9.74. The molecule has 0 bridgehead atoms. The molecular formula is C11H17N3S. The Morgan fingerprint density at radius 1 is 1.27 bits per heavy atom. The number of hydrogen-bond donors (Lipinski definition) is 2. The fourth-order valence-electron chi connectivity index (χ4n) is 3.14. The van der Waals surface area contributed by atoms with E-state index >= 15 is 0 Å². The molecule has 1 fully saturated rings. The number of aryl methyl sites for hydroxylation is 1. The van der Waals surface area contributed by atoms with Crippen LogP contribution in [-0.4, -0.2) is 4.98 Å². The van der Waals surface area contributed by atoms with Crippen molar-refractivity contribution in [2.45, 2.75) is 44.9 Å². The van der Waals surface area contributed by atoms with Gasteiger partial charge >= 0.3 is 0 Å². The van der Waals surface area contributed by atoms with Crippen molar-refractivity contribution in [2.24, 2.45) is 11.3 Å². The topological polar surface area (TPSA) is 50.9 Å². The second-order valence-corrected chi connectivity index (χ2v) is 6.00. The smallest absolute Gasteiger partial charge is 0.197 e. The molecule has 0 aromatic carbocycles. The second-order valence-electron chi connectivity index (χ2n) is 4.92. The van der Waals surface area contributed by atoms with Gasteiger partial charge < -0.3 is 0 Å². The molecule has 2 aliphatic carbocycles. The van der Waals surface area contributed by atoms with Gasteiger partial charge in [0, 0.05) is 4.88 Å². The zero-order valence-electron chi connectivity index (χ0n) is 8.88. The third-order valence-corrected chi connectivity index (χ3v) is 5.02. The largest absolute Gasteiger partial charge is 0.300 e. The number of nitrogens with one attached hydrogen (secondary N) is 1.